The third-order valence-electron chi connectivity index (χ3n) is 2.75. The van der Waals surface area contributed by atoms with Crippen molar-refractivity contribution >= 4 is 17.8 Å². The van der Waals surface area contributed by atoms with Crippen LogP contribution in [-0.2, 0) is 9.53 Å². The fourth-order valence-electron chi connectivity index (χ4n) is 1.79. The molecule has 1 heterocycles. The van der Waals surface area contributed by atoms with E-state index in [0.29, 0.717) is 18.4 Å². The van der Waals surface area contributed by atoms with Crippen LogP contribution in [0, 0.1) is 0 Å². The topological polar surface area (TPSA) is 55.7 Å². The zero-order chi connectivity index (χ0) is 12.8. The third kappa shape index (κ3) is 3.52. The molecule has 2 rings (SSSR count). The Morgan fingerprint density at radius 1 is 1.06 bits per heavy atom. The van der Waals surface area contributed by atoms with Crippen LogP contribution < -0.4 is 0 Å². The Hall–Kier alpha value is -1.97. The maximum Gasteiger partial charge on any atom is 0.312 e. The number of hydrogen-bond acceptors (Lipinski definition) is 3. The molecule has 1 aliphatic rings. The Labute approximate surface area is 106 Å². The van der Waals surface area contributed by atoms with Gasteiger partial charge in [-0.25, -0.2) is 0 Å². The fraction of sp³-hybridized carbons (Fsp3) is 0.357. The summed E-state index contributed by atoms with van der Waals surface area (Å²) in [5.41, 5.74) is 0.503. The van der Waals surface area contributed by atoms with Crippen LogP contribution in [0.2, 0.25) is 0 Å². The number of esters is 1. The zero-order valence-corrected chi connectivity index (χ0v) is 10.1. The summed E-state index contributed by atoms with van der Waals surface area (Å²) in [4.78, 5) is 27.1. The molecule has 1 fully saturated rings. The van der Waals surface area contributed by atoms with Gasteiger partial charge in [0.1, 0.15) is 0 Å². The van der Waals surface area contributed by atoms with Crippen molar-refractivity contribution in [2.75, 3.05) is 0 Å². The van der Waals surface area contributed by atoms with Gasteiger partial charge in [-0.3, -0.25) is 9.59 Å². The van der Waals surface area contributed by atoms with E-state index in [-0.39, 0.29) is 17.8 Å². The lowest BCUT2D eigenvalue weighted by atomic mass is 10.1. The van der Waals surface area contributed by atoms with E-state index in [9.17, 15) is 9.59 Å². The first-order chi connectivity index (χ1) is 8.75. The van der Waals surface area contributed by atoms with Crippen LogP contribution in [0.1, 0.15) is 42.5 Å². The molecule has 4 nitrogen and oxygen atoms in total. The molecule has 0 spiro atoms. The van der Waals surface area contributed by atoms with Gasteiger partial charge in [0, 0.05) is 18.4 Å². The van der Waals surface area contributed by atoms with Gasteiger partial charge in [-0.15, -0.1) is 0 Å². The second kappa shape index (κ2) is 6.10. The molecule has 0 aromatic heterocycles. The van der Waals surface area contributed by atoms with Gasteiger partial charge in [0.15, 0.2) is 0 Å². The molecule has 1 aromatic carbocycles. The number of amides is 1. The summed E-state index contributed by atoms with van der Waals surface area (Å²) in [5, 5.41) is 0. The van der Waals surface area contributed by atoms with Gasteiger partial charge in [-0.1, -0.05) is 24.6 Å². The molecule has 0 unspecified atom stereocenters. The third-order valence-corrected chi connectivity index (χ3v) is 2.75. The zero-order valence-electron chi connectivity index (χ0n) is 10.1. The van der Waals surface area contributed by atoms with Crippen LogP contribution >= 0.6 is 0 Å². The Balaban J connectivity index is 2.10. The van der Waals surface area contributed by atoms with Crippen LogP contribution in [-0.4, -0.2) is 17.8 Å². The number of ether oxygens (including phenoxy) is 1. The Morgan fingerprint density at radius 3 is 2.56 bits per heavy atom. The van der Waals surface area contributed by atoms with E-state index in [1.807, 2.05) is 6.07 Å². The first-order valence-electron chi connectivity index (χ1n) is 6.13. The van der Waals surface area contributed by atoms with Gasteiger partial charge in [-0.2, -0.15) is 4.99 Å². The highest BCUT2D eigenvalue weighted by Gasteiger charge is 2.14. The van der Waals surface area contributed by atoms with Crippen LogP contribution in [0.5, 0.6) is 0 Å². The molecule has 1 amide bonds. The first kappa shape index (κ1) is 12.5. The summed E-state index contributed by atoms with van der Waals surface area (Å²) < 4.78 is 5.07. The predicted molar refractivity (Wildman–Crippen MR) is 67.4 cm³/mol. The number of carbonyl (C=O) groups is 2. The maximum atomic E-state index is 11.8. The quantitative estimate of drug-likeness (QED) is 0.715. The summed E-state index contributed by atoms with van der Waals surface area (Å²) in [6, 6.07) is 8.77. The van der Waals surface area contributed by atoms with E-state index in [0.717, 1.165) is 19.3 Å². The lowest BCUT2D eigenvalue weighted by Crippen LogP contribution is -2.16. The highest BCUT2D eigenvalue weighted by Crippen LogP contribution is 2.12. The predicted octanol–water partition coefficient (Wildman–Crippen LogP) is 2.73. The lowest BCUT2D eigenvalue weighted by molar-refractivity contribution is -0.136. The van der Waals surface area contributed by atoms with Crippen molar-refractivity contribution in [3.8, 4) is 0 Å². The van der Waals surface area contributed by atoms with Crippen molar-refractivity contribution in [3.05, 3.63) is 35.9 Å². The number of carbonyl (C=O) groups excluding carboxylic acids is 2. The standard InChI is InChI=1S/C14H15NO3/c16-13-10-6-2-5-9-12(18-13)15-14(17)11-7-3-1-4-8-11/h1,3-4,7-8H,2,5-6,9-10H2. The number of hydrogen-bond donors (Lipinski definition) is 0. The number of cyclic esters (lactones) is 1. The summed E-state index contributed by atoms with van der Waals surface area (Å²) in [5.74, 6) is -0.415. The van der Waals surface area contributed by atoms with Gasteiger partial charge in [0.25, 0.3) is 5.91 Å². The lowest BCUT2D eigenvalue weighted by Gasteiger charge is -2.10. The smallest absolute Gasteiger partial charge is 0.312 e. The number of rotatable bonds is 1. The molecule has 1 saturated heterocycles. The molecular weight excluding hydrogens is 230 g/mol. The van der Waals surface area contributed by atoms with Gasteiger partial charge >= 0.3 is 5.97 Å². The summed E-state index contributed by atoms with van der Waals surface area (Å²) in [6.45, 7) is 0. The van der Waals surface area contributed by atoms with Crippen LogP contribution in [0.4, 0.5) is 0 Å². The van der Waals surface area contributed by atoms with Crippen LogP contribution in [0.3, 0.4) is 0 Å². The van der Waals surface area contributed by atoms with E-state index < -0.39 is 0 Å². The molecule has 94 valence electrons. The fourth-order valence-corrected chi connectivity index (χ4v) is 1.79. The Morgan fingerprint density at radius 2 is 1.78 bits per heavy atom. The largest absolute Gasteiger partial charge is 0.411 e. The van der Waals surface area contributed by atoms with Crippen molar-refractivity contribution < 1.29 is 14.3 Å². The molecular formula is C14H15NO3. The van der Waals surface area contributed by atoms with Crippen molar-refractivity contribution in [2.45, 2.75) is 32.1 Å². The van der Waals surface area contributed by atoms with Crippen LogP contribution in [0.15, 0.2) is 35.3 Å². The van der Waals surface area contributed by atoms with Gasteiger partial charge in [-0.05, 0) is 25.0 Å². The summed E-state index contributed by atoms with van der Waals surface area (Å²) >= 11 is 0. The van der Waals surface area contributed by atoms with E-state index in [1.54, 1.807) is 24.3 Å². The van der Waals surface area contributed by atoms with E-state index in [4.69, 9.17) is 4.74 Å². The van der Waals surface area contributed by atoms with Gasteiger partial charge < -0.3 is 4.74 Å². The SMILES string of the molecule is O=C1CCCCCC(=NC(=O)c2ccccc2)O1. The van der Waals surface area contributed by atoms with Crippen molar-refractivity contribution in [1.29, 1.82) is 0 Å². The Bertz CT molecular complexity index is 465. The molecule has 4 heteroatoms. The minimum Gasteiger partial charge on any atom is -0.411 e. The van der Waals surface area contributed by atoms with Crippen molar-refractivity contribution in [2.24, 2.45) is 4.99 Å². The highest BCUT2D eigenvalue weighted by atomic mass is 16.5. The maximum absolute atomic E-state index is 11.8. The minimum absolute atomic E-state index is 0.244. The molecule has 1 aromatic rings. The van der Waals surface area contributed by atoms with E-state index >= 15 is 0 Å². The first-order valence-corrected chi connectivity index (χ1v) is 6.13. The second-order valence-corrected chi connectivity index (χ2v) is 4.21. The average Bonchev–Trinajstić information content (AvgIpc) is 2.36. The molecule has 0 atom stereocenters. The number of benzene rings is 1. The molecule has 0 radical (unpaired) electrons. The molecule has 0 saturated carbocycles. The highest BCUT2D eigenvalue weighted by molar-refractivity contribution is 6.03. The molecule has 0 bridgehead atoms. The molecule has 0 N–H and O–H groups in total. The monoisotopic (exact) mass is 245 g/mol. The summed E-state index contributed by atoms with van der Waals surface area (Å²) in [6.07, 6.45) is 3.66. The summed E-state index contributed by atoms with van der Waals surface area (Å²) in [7, 11) is 0. The van der Waals surface area contributed by atoms with Gasteiger partial charge in [0.05, 0.1) is 0 Å². The number of nitrogens with zero attached hydrogens (tertiary/aromatic N) is 1. The van der Waals surface area contributed by atoms with Crippen molar-refractivity contribution in [1.82, 2.24) is 0 Å². The normalized spacial score (nSPS) is 18.9. The second-order valence-electron chi connectivity index (χ2n) is 4.21. The van der Waals surface area contributed by atoms with E-state index in [1.165, 1.54) is 0 Å². The molecule has 18 heavy (non-hydrogen) atoms. The molecule has 1 aliphatic heterocycles. The van der Waals surface area contributed by atoms with Crippen molar-refractivity contribution in [3.63, 3.8) is 0 Å². The van der Waals surface area contributed by atoms with Gasteiger partial charge in [0.2, 0.25) is 5.90 Å². The molecule has 0 aliphatic carbocycles. The van der Waals surface area contributed by atoms with E-state index in [2.05, 4.69) is 4.99 Å². The minimum atomic E-state index is -0.362. The van der Waals surface area contributed by atoms with Crippen LogP contribution in [0.25, 0.3) is 0 Å². The Kier molecular flexibility index (Phi) is 4.23. The number of aliphatic imine (C=N–C) groups is 1. The average molecular weight is 245 g/mol.